The van der Waals surface area contributed by atoms with E-state index in [1.54, 1.807) is 7.11 Å². The normalized spacial score (nSPS) is 19.7. The van der Waals surface area contributed by atoms with Gasteiger partial charge in [0, 0.05) is 18.2 Å². The number of methoxy groups -OCH3 is 1. The summed E-state index contributed by atoms with van der Waals surface area (Å²) in [6.07, 6.45) is 5.33. The van der Waals surface area contributed by atoms with E-state index >= 15 is 0 Å². The maximum Gasteiger partial charge on any atom is 0.253 e. The highest BCUT2D eigenvalue weighted by Crippen LogP contribution is 2.32. The third kappa shape index (κ3) is 5.21. The number of hydrogen-bond acceptors (Lipinski definition) is 7. The fraction of sp³-hybridized carbons (Fsp3) is 0.448. The summed E-state index contributed by atoms with van der Waals surface area (Å²) in [7, 11) is 1.62. The van der Waals surface area contributed by atoms with Gasteiger partial charge in [-0.1, -0.05) is 30.3 Å². The van der Waals surface area contributed by atoms with Crippen molar-refractivity contribution in [3.05, 3.63) is 81.9 Å². The Kier molecular flexibility index (Phi) is 7.20. The monoisotopic (exact) mass is 514 g/mol. The highest BCUT2D eigenvalue weighted by molar-refractivity contribution is 5.80. The fourth-order valence-corrected chi connectivity index (χ4v) is 5.91. The molecule has 0 radical (unpaired) electrons. The molecule has 0 aliphatic carbocycles. The van der Waals surface area contributed by atoms with Crippen molar-refractivity contribution in [1.29, 1.82) is 0 Å². The molecule has 4 aromatic rings. The van der Waals surface area contributed by atoms with Crippen molar-refractivity contribution in [1.82, 2.24) is 30.1 Å². The molecule has 2 aliphatic heterocycles. The molecule has 38 heavy (non-hydrogen) atoms. The quantitative estimate of drug-likeness (QED) is 0.382. The minimum Gasteiger partial charge on any atom is -0.497 e. The number of ether oxygens (including phenoxy) is 2. The van der Waals surface area contributed by atoms with Crippen molar-refractivity contribution in [2.45, 2.75) is 50.8 Å². The van der Waals surface area contributed by atoms with Crippen LogP contribution in [-0.2, 0) is 17.7 Å². The molecule has 2 aromatic heterocycles. The number of tetrazole rings is 1. The Labute approximate surface area is 221 Å². The lowest BCUT2D eigenvalue weighted by atomic mass is 9.89. The lowest BCUT2D eigenvalue weighted by Gasteiger charge is -2.37. The summed E-state index contributed by atoms with van der Waals surface area (Å²) < 4.78 is 13.1. The van der Waals surface area contributed by atoms with Gasteiger partial charge in [-0.05, 0) is 90.7 Å². The van der Waals surface area contributed by atoms with Gasteiger partial charge in [0.25, 0.3) is 5.56 Å². The van der Waals surface area contributed by atoms with Crippen molar-refractivity contribution in [2.75, 3.05) is 26.8 Å². The van der Waals surface area contributed by atoms with Crippen molar-refractivity contribution < 1.29 is 9.47 Å². The minimum absolute atomic E-state index is 0.0943. The first-order valence-corrected chi connectivity index (χ1v) is 13.5. The van der Waals surface area contributed by atoms with Crippen LogP contribution in [0.4, 0.5) is 0 Å². The van der Waals surface area contributed by atoms with Crippen LogP contribution in [0.1, 0.15) is 48.7 Å². The van der Waals surface area contributed by atoms with E-state index in [0.29, 0.717) is 29.6 Å². The third-order valence-electron chi connectivity index (χ3n) is 7.96. The average Bonchev–Trinajstić information content (AvgIpc) is 3.63. The van der Waals surface area contributed by atoms with Crippen LogP contribution in [0.15, 0.2) is 59.4 Å². The number of benzene rings is 2. The molecule has 4 heterocycles. The SMILES string of the molecule is COc1ccc2cc([C@H](c3nnnn3C[C@@H]3CCCO3)N3CCC(Cc4ccccc4)CC3)c(=O)[nH]c2c1. The van der Waals surface area contributed by atoms with Crippen molar-refractivity contribution in [3.8, 4) is 5.75 Å². The van der Waals surface area contributed by atoms with E-state index in [-0.39, 0.29) is 17.7 Å². The molecule has 6 rings (SSSR count). The number of nitrogens with one attached hydrogen (secondary N) is 1. The molecule has 9 heteroatoms. The van der Waals surface area contributed by atoms with E-state index in [2.05, 4.69) is 55.7 Å². The predicted octanol–water partition coefficient (Wildman–Crippen LogP) is 3.75. The van der Waals surface area contributed by atoms with Gasteiger partial charge < -0.3 is 14.5 Å². The topological polar surface area (TPSA) is 98.2 Å². The van der Waals surface area contributed by atoms with Gasteiger partial charge in [0.15, 0.2) is 5.82 Å². The molecule has 2 fully saturated rings. The van der Waals surface area contributed by atoms with Crippen LogP contribution < -0.4 is 10.3 Å². The van der Waals surface area contributed by atoms with E-state index in [4.69, 9.17) is 9.47 Å². The highest BCUT2D eigenvalue weighted by atomic mass is 16.5. The van der Waals surface area contributed by atoms with Gasteiger partial charge in [-0.2, -0.15) is 0 Å². The number of H-pyrrole nitrogens is 1. The molecular weight excluding hydrogens is 480 g/mol. The van der Waals surface area contributed by atoms with E-state index in [0.717, 1.165) is 62.7 Å². The second kappa shape index (κ2) is 11.0. The summed E-state index contributed by atoms with van der Waals surface area (Å²) in [5.41, 5.74) is 2.66. The van der Waals surface area contributed by atoms with Gasteiger partial charge in [-0.15, -0.1) is 5.10 Å². The van der Waals surface area contributed by atoms with Crippen LogP contribution in [0.2, 0.25) is 0 Å². The maximum absolute atomic E-state index is 13.5. The average molecular weight is 515 g/mol. The number of piperidine rings is 1. The summed E-state index contributed by atoms with van der Waals surface area (Å²) in [6.45, 7) is 3.10. The van der Waals surface area contributed by atoms with Gasteiger partial charge in [0.1, 0.15) is 11.8 Å². The molecule has 1 N–H and O–H groups in total. The van der Waals surface area contributed by atoms with E-state index in [1.165, 1.54) is 5.56 Å². The van der Waals surface area contributed by atoms with Crippen LogP contribution in [0.5, 0.6) is 5.75 Å². The summed E-state index contributed by atoms with van der Waals surface area (Å²) >= 11 is 0. The summed E-state index contributed by atoms with van der Waals surface area (Å²) in [6, 6.07) is 18.1. The maximum atomic E-state index is 13.5. The van der Waals surface area contributed by atoms with Crippen molar-refractivity contribution in [2.24, 2.45) is 5.92 Å². The molecule has 0 amide bonds. The minimum atomic E-state index is -0.348. The Morgan fingerprint density at radius 2 is 1.95 bits per heavy atom. The fourth-order valence-electron chi connectivity index (χ4n) is 5.91. The number of aromatic nitrogens is 5. The summed E-state index contributed by atoms with van der Waals surface area (Å²) in [5.74, 6) is 2.01. The number of aromatic amines is 1. The predicted molar refractivity (Wildman–Crippen MR) is 144 cm³/mol. The second-order valence-electron chi connectivity index (χ2n) is 10.4. The number of rotatable bonds is 8. The third-order valence-corrected chi connectivity index (χ3v) is 7.96. The molecule has 2 saturated heterocycles. The van der Waals surface area contributed by atoms with Gasteiger partial charge in [0.2, 0.25) is 0 Å². The van der Waals surface area contributed by atoms with Crippen molar-refractivity contribution >= 4 is 10.9 Å². The molecule has 0 unspecified atom stereocenters. The highest BCUT2D eigenvalue weighted by Gasteiger charge is 2.34. The number of pyridine rings is 1. The largest absolute Gasteiger partial charge is 0.497 e. The van der Waals surface area contributed by atoms with E-state index in [9.17, 15) is 4.79 Å². The molecule has 0 saturated carbocycles. The zero-order valence-corrected chi connectivity index (χ0v) is 21.8. The van der Waals surface area contributed by atoms with Gasteiger partial charge in [0.05, 0.1) is 25.3 Å². The Hall–Kier alpha value is -3.56. The Bertz CT molecular complexity index is 1420. The molecule has 9 nitrogen and oxygen atoms in total. The first kappa shape index (κ1) is 24.8. The number of hydrogen-bond donors (Lipinski definition) is 1. The molecule has 0 bridgehead atoms. The lowest BCUT2D eigenvalue weighted by molar-refractivity contribution is 0.0892. The zero-order valence-electron chi connectivity index (χ0n) is 21.8. The smallest absolute Gasteiger partial charge is 0.253 e. The number of fused-ring (bicyclic) bond motifs is 1. The molecule has 2 aromatic carbocycles. The Morgan fingerprint density at radius 3 is 2.71 bits per heavy atom. The molecule has 2 aliphatic rings. The second-order valence-corrected chi connectivity index (χ2v) is 10.4. The number of likely N-dealkylation sites (tertiary alicyclic amines) is 1. The van der Waals surface area contributed by atoms with Crippen LogP contribution in [0.3, 0.4) is 0 Å². The van der Waals surface area contributed by atoms with Crippen LogP contribution in [0.25, 0.3) is 10.9 Å². The van der Waals surface area contributed by atoms with Crippen molar-refractivity contribution in [3.63, 3.8) is 0 Å². The van der Waals surface area contributed by atoms with Crippen LogP contribution >= 0.6 is 0 Å². The first-order chi connectivity index (χ1) is 18.7. The standard InChI is InChI=1S/C29H34N6O3/c1-37-23-10-9-22-17-25(29(36)30-26(22)18-23)27(28-31-32-33-35(28)19-24-8-5-15-38-24)34-13-11-21(12-14-34)16-20-6-3-2-4-7-20/h2-4,6-7,9-10,17-18,21,24,27H,5,8,11-16,19H2,1H3,(H,30,36)/t24-,27+/m0/s1. The molecule has 198 valence electrons. The van der Waals surface area contributed by atoms with Crippen LogP contribution in [-0.4, -0.2) is 63.0 Å². The zero-order chi connectivity index (χ0) is 25.9. The van der Waals surface area contributed by atoms with E-state index in [1.807, 2.05) is 28.9 Å². The molecule has 2 atom stereocenters. The van der Waals surface area contributed by atoms with Crippen LogP contribution in [0, 0.1) is 5.92 Å². The first-order valence-electron chi connectivity index (χ1n) is 13.5. The molecular formula is C29H34N6O3. The number of nitrogens with zero attached hydrogens (tertiary/aromatic N) is 5. The van der Waals surface area contributed by atoms with Gasteiger partial charge in [-0.25, -0.2) is 4.68 Å². The lowest BCUT2D eigenvalue weighted by Crippen LogP contribution is -2.41. The van der Waals surface area contributed by atoms with E-state index < -0.39 is 0 Å². The van der Waals surface area contributed by atoms with Gasteiger partial charge in [-0.3, -0.25) is 9.69 Å². The summed E-state index contributed by atoms with van der Waals surface area (Å²) in [5, 5.41) is 13.8. The summed E-state index contributed by atoms with van der Waals surface area (Å²) in [4.78, 5) is 19.0. The Morgan fingerprint density at radius 1 is 1.11 bits per heavy atom. The van der Waals surface area contributed by atoms with Gasteiger partial charge >= 0.3 is 0 Å². The Balaban J connectivity index is 1.32. The molecule has 0 spiro atoms.